The number of rotatable bonds is 4. The van der Waals surface area contributed by atoms with E-state index in [4.69, 9.17) is 0 Å². The monoisotopic (exact) mass is 234 g/mol. The molecule has 0 amide bonds. The van der Waals surface area contributed by atoms with Crippen molar-refractivity contribution in [2.24, 2.45) is 11.8 Å². The Hall–Kier alpha value is -1.32. The SMILES string of the molecule is CNc1nccc(NCC2CCCC(C)C2)n1. The van der Waals surface area contributed by atoms with Crippen molar-refractivity contribution in [2.45, 2.75) is 32.6 Å². The minimum Gasteiger partial charge on any atom is -0.370 e. The molecule has 1 fully saturated rings. The standard InChI is InChI=1S/C13H22N4/c1-10-4-3-5-11(8-10)9-16-12-6-7-15-13(14-2)17-12/h6-7,10-11H,3-5,8-9H2,1-2H3,(H2,14,15,16,17). The quantitative estimate of drug-likeness (QED) is 0.841. The zero-order valence-electron chi connectivity index (χ0n) is 10.7. The summed E-state index contributed by atoms with van der Waals surface area (Å²) < 4.78 is 0. The second-order valence-corrected chi connectivity index (χ2v) is 5.03. The van der Waals surface area contributed by atoms with Crippen molar-refractivity contribution in [1.82, 2.24) is 9.97 Å². The third-order valence-corrected chi connectivity index (χ3v) is 3.50. The van der Waals surface area contributed by atoms with Gasteiger partial charge in [0.05, 0.1) is 0 Å². The van der Waals surface area contributed by atoms with Gasteiger partial charge in [0.2, 0.25) is 5.95 Å². The first-order chi connectivity index (χ1) is 8.28. The van der Waals surface area contributed by atoms with E-state index >= 15 is 0 Å². The van der Waals surface area contributed by atoms with E-state index in [1.165, 1.54) is 25.7 Å². The van der Waals surface area contributed by atoms with Crippen LogP contribution in [0.4, 0.5) is 11.8 Å². The maximum absolute atomic E-state index is 4.36. The van der Waals surface area contributed by atoms with Crippen LogP contribution in [0, 0.1) is 11.8 Å². The number of hydrogen-bond donors (Lipinski definition) is 2. The molecular formula is C13H22N4. The van der Waals surface area contributed by atoms with Gasteiger partial charge in [-0.3, -0.25) is 0 Å². The molecule has 2 rings (SSSR count). The summed E-state index contributed by atoms with van der Waals surface area (Å²) >= 11 is 0. The number of anilines is 2. The van der Waals surface area contributed by atoms with E-state index in [2.05, 4.69) is 27.5 Å². The molecule has 94 valence electrons. The van der Waals surface area contributed by atoms with Crippen LogP contribution in [0.3, 0.4) is 0 Å². The van der Waals surface area contributed by atoms with Crippen LogP contribution in [0.2, 0.25) is 0 Å². The lowest BCUT2D eigenvalue weighted by atomic mass is 9.82. The molecular weight excluding hydrogens is 212 g/mol. The molecule has 1 aliphatic rings. The Labute approximate surface area is 103 Å². The van der Waals surface area contributed by atoms with E-state index in [1.54, 1.807) is 6.20 Å². The van der Waals surface area contributed by atoms with E-state index in [0.717, 1.165) is 24.2 Å². The fourth-order valence-corrected chi connectivity index (χ4v) is 2.57. The Balaban J connectivity index is 1.84. The molecule has 2 atom stereocenters. The van der Waals surface area contributed by atoms with Crippen LogP contribution in [0.5, 0.6) is 0 Å². The van der Waals surface area contributed by atoms with E-state index in [1.807, 2.05) is 13.1 Å². The van der Waals surface area contributed by atoms with Crippen molar-refractivity contribution in [3.63, 3.8) is 0 Å². The minimum atomic E-state index is 0.673. The molecule has 0 radical (unpaired) electrons. The second kappa shape index (κ2) is 5.84. The average Bonchev–Trinajstić information content (AvgIpc) is 2.37. The van der Waals surface area contributed by atoms with E-state index < -0.39 is 0 Å². The number of nitrogens with zero attached hydrogens (tertiary/aromatic N) is 2. The van der Waals surface area contributed by atoms with Crippen LogP contribution < -0.4 is 10.6 Å². The van der Waals surface area contributed by atoms with Gasteiger partial charge < -0.3 is 10.6 Å². The summed E-state index contributed by atoms with van der Waals surface area (Å²) in [5, 5.41) is 6.37. The highest BCUT2D eigenvalue weighted by atomic mass is 15.1. The zero-order chi connectivity index (χ0) is 12.1. The van der Waals surface area contributed by atoms with Crippen molar-refractivity contribution >= 4 is 11.8 Å². The Bertz CT molecular complexity index is 353. The van der Waals surface area contributed by atoms with E-state index in [-0.39, 0.29) is 0 Å². The highest BCUT2D eigenvalue weighted by Gasteiger charge is 2.18. The molecule has 0 bridgehead atoms. The Morgan fingerprint density at radius 1 is 1.41 bits per heavy atom. The maximum atomic E-state index is 4.36. The van der Waals surface area contributed by atoms with Gasteiger partial charge in [-0.1, -0.05) is 19.8 Å². The highest BCUT2D eigenvalue weighted by molar-refractivity contribution is 5.39. The fourth-order valence-electron chi connectivity index (χ4n) is 2.57. The second-order valence-electron chi connectivity index (χ2n) is 5.03. The van der Waals surface area contributed by atoms with Crippen LogP contribution >= 0.6 is 0 Å². The van der Waals surface area contributed by atoms with Gasteiger partial charge in [-0.25, -0.2) is 4.98 Å². The third-order valence-electron chi connectivity index (χ3n) is 3.50. The summed E-state index contributed by atoms with van der Waals surface area (Å²) in [6.07, 6.45) is 7.25. The van der Waals surface area contributed by atoms with E-state index in [9.17, 15) is 0 Å². The lowest BCUT2D eigenvalue weighted by molar-refractivity contribution is 0.293. The molecule has 0 saturated heterocycles. The van der Waals surface area contributed by atoms with Crippen LogP contribution in [0.1, 0.15) is 32.6 Å². The van der Waals surface area contributed by atoms with Gasteiger partial charge in [-0.05, 0) is 30.7 Å². The van der Waals surface area contributed by atoms with E-state index in [0.29, 0.717) is 5.95 Å². The molecule has 1 aromatic rings. The van der Waals surface area contributed by atoms with Gasteiger partial charge in [-0.2, -0.15) is 4.98 Å². The first-order valence-corrected chi connectivity index (χ1v) is 6.52. The molecule has 0 aliphatic heterocycles. The predicted octanol–water partition coefficient (Wildman–Crippen LogP) is 2.76. The third kappa shape index (κ3) is 3.58. The lowest BCUT2D eigenvalue weighted by Crippen LogP contribution is -2.21. The summed E-state index contributed by atoms with van der Waals surface area (Å²) in [7, 11) is 1.84. The molecule has 4 nitrogen and oxygen atoms in total. The number of aromatic nitrogens is 2. The molecule has 1 aliphatic carbocycles. The lowest BCUT2D eigenvalue weighted by Gasteiger charge is -2.26. The first-order valence-electron chi connectivity index (χ1n) is 6.52. The van der Waals surface area contributed by atoms with Crippen molar-refractivity contribution in [2.75, 3.05) is 24.2 Å². The number of nitrogens with one attached hydrogen (secondary N) is 2. The average molecular weight is 234 g/mol. The first kappa shape index (κ1) is 12.1. The Kier molecular flexibility index (Phi) is 4.18. The molecule has 0 aromatic carbocycles. The largest absolute Gasteiger partial charge is 0.370 e. The van der Waals surface area contributed by atoms with Gasteiger partial charge in [0, 0.05) is 19.8 Å². The summed E-state index contributed by atoms with van der Waals surface area (Å²) in [6.45, 7) is 3.39. The van der Waals surface area contributed by atoms with Crippen LogP contribution in [0.15, 0.2) is 12.3 Å². The molecule has 2 unspecified atom stereocenters. The molecule has 1 heterocycles. The van der Waals surface area contributed by atoms with Gasteiger partial charge in [0.1, 0.15) is 5.82 Å². The normalized spacial score (nSPS) is 24.4. The molecule has 17 heavy (non-hydrogen) atoms. The zero-order valence-corrected chi connectivity index (χ0v) is 10.7. The molecule has 2 N–H and O–H groups in total. The molecule has 4 heteroatoms. The minimum absolute atomic E-state index is 0.673. The van der Waals surface area contributed by atoms with Gasteiger partial charge in [0.25, 0.3) is 0 Å². The fraction of sp³-hybridized carbons (Fsp3) is 0.692. The van der Waals surface area contributed by atoms with Crippen molar-refractivity contribution in [1.29, 1.82) is 0 Å². The molecule has 0 spiro atoms. The number of hydrogen-bond acceptors (Lipinski definition) is 4. The van der Waals surface area contributed by atoms with Gasteiger partial charge >= 0.3 is 0 Å². The van der Waals surface area contributed by atoms with Crippen LogP contribution in [-0.2, 0) is 0 Å². The summed E-state index contributed by atoms with van der Waals surface area (Å²) in [5.74, 6) is 3.27. The predicted molar refractivity (Wildman–Crippen MR) is 71.2 cm³/mol. The summed E-state index contributed by atoms with van der Waals surface area (Å²) in [4.78, 5) is 8.46. The summed E-state index contributed by atoms with van der Waals surface area (Å²) in [5.41, 5.74) is 0. The Morgan fingerprint density at radius 2 is 2.29 bits per heavy atom. The van der Waals surface area contributed by atoms with Crippen molar-refractivity contribution in [3.05, 3.63) is 12.3 Å². The topological polar surface area (TPSA) is 49.8 Å². The van der Waals surface area contributed by atoms with Gasteiger partial charge in [0.15, 0.2) is 0 Å². The highest BCUT2D eigenvalue weighted by Crippen LogP contribution is 2.28. The smallest absolute Gasteiger partial charge is 0.224 e. The maximum Gasteiger partial charge on any atom is 0.224 e. The van der Waals surface area contributed by atoms with Crippen molar-refractivity contribution < 1.29 is 0 Å². The van der Waals surface area contributed by atoms with Crippen molar-refractivity contribution in [3.8, 4) is 0 Å². The van der Waals surface area contributed by atoms with Crippen LogP contribution in [0.25, 0.3) is 0 Å². The Morgan fingerprint density at radius 3 is 3.06 bits per heavy atom. The van der Waals surface area contributed by atoms with Gasteiger partial charge in [-0.15, -0.1) is 0 Å². The molecule has 1 saturated carbocycles. The summed E-state index contributed by atoms with van der Waals surface area (Å²) in [6, 6.07) is 1.92. The molecule has 1 aromatic heterocycles. The van der Waals surface area contributed by atoms with Crippen LogP contribution in [-0.4, -0.2) is 23.6 Å².